The maximum absolute atomic E-state index is 12.5. The number of hydrogen-bond donors (Lipinski definition) is 0. The Morgan fingerprint density at radius 3 is 2.88 bits per heavy atom. The molecule has 0 saturated heterocycles. The molecule has 0 amide bonds. The molecule has 1 aromatic carbocycles. The van der Waals surface area contributed by atoms with Gasteiger partial charge in [0.15, 0.2) is 0 Å². The van der Waals surface area contributed by atoms with Gasteiger partial charge in [-0.15, -0.1) is 6.42 Å². The fraction of sp³-hybridized carbons (Fsp3) is 0.481. The first kappa shape index (κ1) is 24.8. The van der Waals surface area contributed by atoms with Crippen LogP contribution in [0.2, 0.25) is 0 Å². The number of nitrogens with zero attached hydrogens (tertiary/aromatic N) is 2. The average Bonchev–Trinajstić information content (AvgIpc) is 2.99. The second-order valence-electron chi connectivity index (χ2n) is 9.06. The van der Waals surface area contributed by atoms with Gasteiger partial charge in [-0.3, -0.25) is 14.7 Å². The lowest BCUT2D eigenvalue weighted by atomic mass is 9.81. The highest BCUT2D eigenvalue weighted by Gasteiger charge is 2.40. The van der Waals surface area contributed by atoms with Crippen molar-refractivity contribution in [3.05, 3.63) is 58.9 Å². The number of rotatable bonds is 8. The molecule has 0 saturated carbocycles. The Kier molecular flexibility index (Phi) is 8.12. The molecule has 1 unspecified atom stereocenters. The van der Waals surface area contributed by atoms with Crippen LogP contribution in [0.4, 0.5) is 0 Å². The van der Waals surface area contributed by atoms with Gasteiger partial charge in [-0.05, 0) is 56.0 Å². The fourth-order valence-electron chi connectivity index (χ4n) is 4.25. The molecule has 0 aliphatic carbocycles. The van der Waals surface area contributed by atoms with Crippen LogP contribution >= 0.6 is 0 Å². The Morgan fingerprint density at radius 1 is 1.39 bits per heavy atom. The van der Waals surface area contributed by atoms with Gasteiger partial charge in [0.25, 0.3) is 0 Å². The lowest BCUT2D eigenvalue weighted by Gasteiger charge is -2.32. The third-order valence-electron chi connectivity index (χ3n) is 6.20. The Labute approximate surface area is 197 Å². The van der Waals surface area contributed by atoms with E-state index in [1.807, 2.05) is 32.0 Å². The minimum absolute atomic E-state index is 0.101. The van der Waals surface area contributed by atoms with Gasteiger partial charge in [0, 0.05) is 25.8 Å². The van der Waals surface area contributed by atoms with Crippen molar-refractivity contribution in [3.63, 3.8) is 0 Å². The average molecular weight is 451 g/mol. The highest BCUT2D eigenvalue weighted by molar-refractivity contribution is 5.77. The molecule has 6 nitrogen and oxygen atoms in total. The van der Waals surface area contributed by atoms with E-state index < -0.39 is 11.5 Å². The molecule has 2 heterocycles. The van der Waals surface area contributed by atoms with Crippen molar-refractivity contribution in [2.45, 2.75) is 59.4 Å². The smallest absolute Gasteiger partial charge is 0.314 e. The molecular weight excluding hydrogens is 416 g/mol. The number of carbonyl (C=O) groups is 1. The Bertz CT molecular complexity index is 1010. The summed E-state index contributed by atoms with van der Waals surface area (Å²) in [5.74, 6) is 3.03. The van der Waals surface area contributed by atoms with Crippen LogP contribution in [-0.4, -0.2) is 42.2 Å². The number of ether oxygens (including phenoxy) is 3. The molecule has 0 fully saturated rings. The van der Waals surface area contributed by atoms with Crippen LogP contribution in [-0.2, 0) is 27.4 Å². The molecule has 0 N–H and O–H groups in total. The predicted molar refractivity (Wildman–Crippen MR) is 128 cm³/mol. The molecule has 3 rings (SSSR count). The summed E-state index contributed by atoms with van der Waals surface area (Å²) in [5.41, 5.74) is 3.29. The highest BCUT2D eigenvalue weighted by Crippen LogP contribution is 2.38. The van der Waals surface area contributed by atoms with Crippen LogP contribution in [0.1, 0.15) is 55.7 Å². The van der Waals surface area contributed by atoms with E-state index >= 15 is 0 Å². The second-order valence-corrected chi connectivity index (χ2v) is 9.06. The maximum Gasteiger partial charge on any atom is 0.314 e. The monoisotopic (exact) mass is 450 g/mol. The summed E-state index contributed by atoms with van der Waals surface area (Å²) < 4.78 is 17.2. The Morgan fingerprint density at radius 2 is 2.18 bits per heavy atom. The van der Waals surface area contributed by atoms with Crippen molar-refractivity contribution in [3.8, 4) is 18.1 Å². The number of aromatic nitrogens is 1. The van der Waals surface area contributed by atoms with Crippen LogP contribution in [0, 0.1) is 24.7 Å². The summed E-state index contributed by atoms with van der Waals surface area (Å²) in [6, 6.07) is 10.1. The fourth-order valence-corrected chi connectivity index (χ4v) is 4.25. The first-order chi connectivity index (χ1) is 15.8. The lowest BCUT2D eigenvalue weighted by Crippen LogP contribution is -2.35. The molecule has 6 heteroatoms. The van der Waals surface area contributed by atoms with Crippen molar-refractivity contribution >= 4 is 5.97 Å². The summed E-state index contributed by atoms with van der Waals surface area (Å²) in [7, 11) is 1.39. The van der Waals surface area contributed by atoms with Gasteiger partial charge in [0.05, 0.1) is 24.3 Å². The van der Waals surface area contributed by atoms with Crippen molar-refractivity contribution in [1.29, 1.82) is 0 Å². The van der Waals surface area contributed by atoms with E-state index in [1.54, 1.807) is 6.20 Å². The van der Waals surface area contributed by atoms with E-state index in [1.165, 1.54) is 12.7 Å². The molecular formula is C27H34N2O4. The van der Waals surface area contributed by atoms with Crippen LogP contribution in [0.25, 0.3) is 0 Å². The van der Waals surface area contributed by atoms with Crippen molar-refractivity contribution in [2.24, 2.45) is 5.41 Å². The molecule has 0 bridgehead atoms. The lowest BCUT2D eigenvalue weighted by molar-refractivity contribution is -0.160. The zero-order valence-corrected chi connectivity index (χ0v) is 20.3. The standard InChI is InChI=1S/C27H34N2O4/c1-7-14-32-25(27(4,5)26(30)31-6)20-12-11-19(3)21(15-20)16-29-17-22(8-2)33-24-10-9-13-28-23(24)18-29/h1,9-13,15,22,25H,8,14,16-18H2,2-6H3/t22-,25?/m1/s1. The van der Waals surface area contributed by atoms with E-state index in [0.29, 0.717) is 6.54 Å². The normalized spacial score (nSPS) is 17.3. The number of carbonyl (C=O) groups excluding carboxylic acids is 1. The summed E-state index contributed by atoms with van der Waals surface area (Å²) >= 11 is 0. The van der Waals surface area contributed by atoms with Gasteiger partial charge in [0.2, 0.25) is 0 Å². The van der Waals surface area contributed by atoms with Crippen LogP contribution < -0.4 is 4.74 Å². The Balaban J connectivity index is 1.91. The zero-order chi connectivity index (χ0) is 24.0. The van der Waals surface area contributed by atoms with Crippen molar-refractivity contribution < 1.29 is 19.0 Å². The number of methoxy groups -OCH3 is 1. The summed E-state index contributed by atoms with van der Waals surface area (Å²) in [4.78, 5) is 19.4. The zero-order valence-electron chi connectivity index (χ0n) is 20.3. The van der Waals surface area contributed by atoms with E-state index in [9.17, 15) is 4.79 Å². The van der Waals surface area contributed by atoms with E-state index in [2.05, 4.69) is 41.8 Å². The summed E-state index contributed by atoms with van der Waals surface area (Å²) in [6.45, 7) is 10.2. The van der Waals surface area contributed by atoms with Crippen LogP contribution in [0.15, 0.2) is 36.5 Å². The van der Waals surface area contributed by atoms with E-state index in [0.717, 1.165) is 42.1 Å². The Hall–Kier alpha value is -2.88. The number of hydrogen-bond acceptors (Lipinski definition) is 6. The number of esters is 1. The quantitative estimate of drug-likeness (QED) is 0.437. The first-order valence-electron chi connectivity index (χ1n) is 11.4. The van der Waals surface area contributed by atoms with Crippen LogP contribution in [0.5, 0.6) is 5.75 Å². The van der Waals surface area contributed by atoms with Gasteiger partial charge in [0.1, 0.15) is 18.5 Å². The van der Waals surface area contributed by atoms with Crippen LogP contribution in [0.3, 0.4) is 0 Å². The molecule has 2 atom stereocenters. The SMILES string of the molecule is C#CCOC(c1ccc(C)c(CN2Cc3ncccc3O[C@H](CC)C2)c1)C(C)(C)C(=O)OC. The molecule has 0 radical (unpaired) electrons. The van der Waals surface area contributed by atoms with Gasteiger partial charge in [-0.25, -0.2) is 0 Å². The van der Waals surface area contributed by atoms with E-state index in [4.69, 9.17) is 20.6 Å². The van der Waals surface area contributed by atoms with Gasteiger partial charge >= 0.3 is 5.97 Å². The summed E-state index contributed by atoms with van der Waals surface area (Å²) in [6.07, 6.45) is 7.74. The topological polar surface area (TPSA) is 60.9 Å². The minimum Gasteiger partial charge on any atom is -0.487 e. The second kappa shape index (κ2) is 10.8. The predicted octanol–water partition coefficient (Wildman–Crippen LogP) is 4.45. The molecule has 1 aromatic heterocycles. The third-order valence-corrected chi connectivity index (χ3v) is 6.20. The number of aryl methyl sites for hydroxylation is 1. The minimum atomic E-state index is -0.898. The van der Waals surface area contributed by atoms with Gasteiger partial charge in [-0.1, -0.05) is 31.0 Å². The molecule has 1 aliphatic heterocycles. The molecule has 0 spiro atoms. The van der Waals surface area contributed by atoms with E-state index in [-0.39, 0.29) is 18.7 Å². The van der Waals surface area contributed by atoms with Crippen molar-refractivity contribution in [2.75, 3.05) is 20.3 Å². The van der Waals surface area contributed by atoms with Gasteiger partial charge in [-0.2, -0.15) is 0 Å². The highest BCUT2D eigenvalue weighted by atomic mass is 16.5. The number of benzene rings is 1. The van der Waals surface area contributed by atoms with Crippen molar-refractivity contribution in [1.82, 2.24) is 9.88 Å². The molecule has 33 heavy (non-hydrogen) atoms. The first-order valence-corrected chi connectivity index (χ1v) is 11.4. The van der Waals surface area contributed by atoms with Gasteiger partial charge < -0.3 is 14.2 Å². The molecule has 176 valence electrons. The molecule has 2 aromatic rings. The largest absolute Gasteiger partial charge is 0.487 e. The summed E-state index contributed by atoms with van der Waals surface area (Å²) in [5, 5.41) is 0. The number of terminal acetylenes is 1. The number of fused-ring (bicyclic) bond motifs is 1. The third kappa shape index (κ3) is 5.73. The molecule has 1 aliphatic rings. The number of pyridine rings is 1. The maximum atomic E-state index is 12.5.